The van der Waals surface area contributed by atoms with E-state index in [1.54, 1.807) is 0 Å². The highest BCUT2D eigenvalue weighted by molar-refractivity contribution is 5.84. The van der Waals surface area contributed by atoms with Crippen LogP contribution in [0, 0.1) is 5.41 Å². The quantitative estimate of drug-likeness (QED) is 0.564. The van der Waals surface area contributed by atoms with Crippen molar-refractivity contribution in [2.45, 2.75) is 19.8 Å². The lowest BCUT2D eigenvalue weighted by atomic mass is 9.84. The molecule has 1 atom stereocenters. The van der Waals surface area contributed by atoms with E-state index in [1.165, 1.54) is 0 Å². The highest BCUT2D eigenvalue weighted by Gasteiger charge is 2.38. The van der Waals surface area contributed by atoms with Crippen molar-refractivity contribution in [3.63, 3.8) is 0 Å². The van der Waals surface area contributed by atoms with Gasteiger partial charge in [-0.2, -0.15) is 0 Å². The smallest absolute Gasteiger partial charge is 0.227 e. The Bertz CT molecular complexity index is 141. The SMILES string of the molecule is CC[C@]1(CN)CCNC1=O. The standard InChI is InChI=1S/C7H14N2O/c1-2-7(5-8)3-4-9-6(7)10/h2-5,8H2,1H3,(H,9,10)/t7-/m1/s1. The van der Waals surface area contributed by atoms with E-state index in [-0.39, 0.29) is 11.3 Å². The van der Waals surface area contributed by atoms with Crippen molar-refractivity contribution in [2.24, 2.45) is 11.1 Å². The molecule has 0 radical (unpaired) electrons. The van der Waals surface area contributed by atoms with Gasteiger partial charge in [0.2, 0.25) is 5.91 Å². The average Bonchev–Trinajstić information content (AvgIpc) is 2.32. The monoisotopic (exact) mass is 142 g/mol. The third kappa shape index (κ3) is 0.904. The topological polar surface area (TPSA) is 55.1 Å². The fourth-order valence-electron chi connectivity index (χ4n) is 1.39. The highest BCUT2D eigenvalue weighted by Crippen LogP contribution is 2.28. The second-order valence-corrected chi connectivity index (χ2v) is 2.84. The lowest BCUT2D eigenvalue weighted by Crippen LogP contribution is -2.37. The molecule has 0 saturated carbocycles. The maximum Gasteiger partial charge on any atom is 0.227 e. The van der Waals surface area contributed by atoms with E-state index in [0.717, 1.165) is 19.4 Å². The summed E-state index contributed by atoms with van der Waals surface area (Å²) >= 11 is 0. The van der Waals surface area contributed by atoms with Gasteiger partial charge in [-0.1, -0.05) is 6.92 Å². The van der Waals surface area contributed by atoms with Crippen molar-refractivity contribution < 1.29 is 4.79 Å². The zero-order valence-electron chi connectivity index (χ0n) is 6.31. The van der Waals surface area contributed by atoms with E-state index >= 15 is 0 Å². The number of amides is 1. The van der Waals surface area contributed by atoms with Crippen LogP contribution in [0.3, 0.4) is 0 Å². The minimum atomic E-state index is -0.236. The van der Waals surface area contributed by atoms with Gasteiger partial charge in [0, 0.05) is 13.1 Å². The molecule has 0 unspecified atom stereocenters. The van der Waals surface area contributed by atoms with Crippen molar-refractivity contribution in [3.05, 3.63) is 0 Å². The first-order chi connectivity index (χ1) is 4.75. The molecule has 1 amide bonds. The van der Waals surface area contributed by atoms with E-state index in [4.69, 9.17) is 5.73 Å². The van der Waals surface area contributed by atoms with Gasteiger partial charge in [0.25, 0.3) is 0 Å². The van der Waals surface area contributed by atoms with E-state index in [9.17, 15) is 4.79 Å². The van der Waals surface area contributed by atoms with Gasteiger partial charge in [0.05, 0.1) is 5.41 Å². The summed E-state index contributed by atoms with van der Waals surface area (Å²) < 4.78 is 0. The third-order valence-corrected chi connectivity index (χ3v) is 2.44. The van der Waals surface area contributed by atoms with Crippen LogP contribution in [0.15, 0.2) is 0 Å². The third-order valence-electron chi connectivity index (χ3n) is 2.44. The van der Waals surface area contributed by atoms with Crippen LogP contribution in [-0.2, 0) is 4.79 Å². The molecule has 10 heavy (non-hydrogen) atoms. The van der Waals surface area contributed by atoms with Crippen molar-refractivity contribution in [1.82, 2.24) is 5.32 Å². The van der Waals surface area contributed by atoms with Gasteiger partial charge in [-0.15, -0.1) is 0 Å². The zero-order chi connectivity index (χ0) is 7.61. The Balaban J connectivity index is 2.71. The number of nitrogens with two attached hydrogens (primary N) is 1. The molecule has 3 N–H and O–H groups in total. The van der Waals surface area contributed by atoms with Crippen LogP contribution in [0.4, 0.5) is 0 Å². The lowest BCUT2D eigenvalue weighted by Gasteiger charge is -2.20. The minimum absolute atomic E-state index is 0.137. The Hall–Kier alpha value is -0.570. The molecule has 3 heteroatoms. The second kappa shape index (κ2) is 2.58. The van der Waals surface area contributed by atoms with Crippen LogP contribution in [0.1, 0.15) is 19.8 Å². The van der Waals surface area contributed by atoms with Gasteiger partial charge in [-0.3, -0.25) is 4.79 Å². The van der Waals surface area contributed by atoms with Gasteiger partial charge in [0.1, 0.15) is 0 Å². The second-order valence-electron chi connectivity index (χ2n) is 2.84. The summed E-state index contributed by atoms with van der Waals surface area (Å²) in [5, 5.41) is 2.79. The number of hydrogen-bond donors (Lipinski definition) is 2. The predicted molar refractivity (Wildman–Crippen MR) is 39.4 cm³/mol. The summed E-state index contributed by atoms with van der Waals surface area (Å²) in [7, 11) is 0. The molecule has 58 valence electrons. The van der Waals surface area contributed by atoms with Gasteiger partial charge in [-0.05, 0) is 12.8 Å². The summed E-state index contributed by atoms with van der Waals surface area (Å²) in [5.74, 6) is 0.137. The predicted octanol–water partition coefficient (Wildman–Crippen LogP) is -0.139. The summed E-state index contributed by atoms with van der Waals surface area (Å²) in [6.07, 6.45) is 1.76. The molecule has 0 bridgehead atoms. The van der Waals surface area contributed by atoms with Gasteiger partial charge >= 0.3 is 0 Å². The Kier molecular flexibility index (Phi) is 1.94. The van der Waals surface area contributed by atoms with Gasteiger partial charge < -0.3 is 11.1 Å². The molecule has 0 aromatic heterocycles. The maximum atomic E-state index is 11.2. The Labute approximate surface area is 61.0 Å². The van der Waals surface area contributed by atoms with Crippen LogP contribution in [0.2, 0.25) is 0 Å². The normalized spacial score (nSPS) is 32.4. The molecule has 1 fully saturated rings. The van der Waals surface area contributed by atoms with Crippen LogP contribution >= 0.6 is 0 Å². The molecule has 1 aliphatic rings. The number of rotatable bonds is 2. The molecule has 0 aromatic rings. The molecule has 0 aromatic carbocycles. The first-order valence-corrected chi connectivity index (χ1v) is 3.73. The van der Waals surface area contributed by atoms with Crippen molar-refractivity contribution in [1.29, 1.82) is 0 Å². The highest BCUT2D eigenvalue weighted by atomic mass is 16.2. The van der Waals surface area contributed by atoms with E-state index in [0.29, 0.717) is 6.54 Å². The fraction of sp³-hybridized carbons (Fsp3) is 0.857. The van der Waals surface area contributed by atoms with Crippen LogP contribution in [0.25, 0.3) is 0 Å². The molecule has 0 spiro atoms. The Morgan fingerprint density at radius 3 is 2.70 bits per heavy atom. The molecule has 1 aliphatic heterocycles. The molecule has 3 nitrogen and oxygen atoms in total. The molecule has 1 heterocycles. The average molecular weight is 142 g/mol. The maximum absolute atomic E-state index is 11.2. The van der Waals surface area contributed by atoms with E-state index in [2.05, 4.69) is 5.32 Å². The summed E-state index contributed by atoms with van der Waals surface area (Å²) in [6.45, 7) is 3.29. The van der Waals surface area contributed by atoms with Crippen molar-refractivity contribution in [2.75, 3.05) is 13.1 Å². The first kappa shape index (κ1) is 7.54. The first-order valence-electron chi connectivity index (χ1n) is 3.73. The van der Waals surface area contributed by atoms with E-state index < -0.39 is 0 Å². The number of carbonyl (C=O) groups is 1. The van der Waals surface area contributed by atoms with Gasteiger partial charge in [-0.25, -0.2) is 0 Å². The molecular formula is C7H14N2O. The minimum Gasteiger partial charge on any atom is -0.356 e. The Morgan fingerprint density at radius 2 is 2.50 bits per heavy atom. The zero-order valence-corrected chi connectivity index (χ0v) is 6.31. The summed E-state index contributed by atoms with van der Waals surface area (Å²) in [4.78, 5) is 11.2. The Morgan fingerprint density at radius 1 is 1.80 bits per heavy atom. The lowest BCUT2D eigenvalue weighted by molar-refractivity contribution is -0.127. The summed E-state index contributed by atoms with van der Waals surface area (Å²) in [5.41, 5.74) is 5.27. The number of nitrogens with one attached hydrogen (secondary N) is 1. The fourth-order valence-corrected chi connectivity index (χ4v) is 1.39. The molecule has 1 saturated heterocycles. The molecular weight excluding hydrogens is 128 g/mol. The number of hydrogen-bond acceptors (Lipinski definition) is 2. The molecule has 0 aliphatic carbocycles. The number of carbonyl (C=O) groups excluding carboxylic acids is 1. The van der Waals surface area contributed by atoms with Crippen LogP contribution < -0.4 is 11.1 Å². The largest absolute Gasteiger partial charge is 0.356 e. The van der Waals surface area contributed by atoms with E-state index in [1.807, 2.05) is 6.92 Å². The molecule has 1 rings (SSSR count). The van der Waals surface area contributed by atoms with Crippen molar-refractivity contribution >= 4 is 5.91 Å². The van der Waals surface area contributed by atoms with Crippen molar-refractivity contribution in [3.8, 4) is 0 Å². The summed E-state index contributed by atoms with van der Waals surface area (Å²) in [6, 6.07) is 0. The van der Waals surface area contributed by atoms with Gasteiger partial charge in [0.15, 0.2) is 0 Å². The van der Waals surface area contributed by atoms with Crippen LogP contribution in [0.5, 0.6) is 0 Å². The van der Waals surface area contributed by atoms with Crippen LogP contribution in [-0.4, -0.2) is 19.0 Å².